The number of hydrogen-bond acceptors (Lipinski definition) is 3. The highest BCUT2D eigenvalue weighted by Crippen LogP contribution is 2.65. The second-order valence-corrected chi connectivity index (χ2v) is 12.7. The summed E-state index contributed by atoms with van der Waals surface area (Å²) in [5, 5.41) is 0. The van der Waals surface area contributed by atoms with E-state index in [0.717, 1.165) is 31.4 Å². The van der Waals surface area contributed by atoms with Gasteiger partial charge in [-0.25, -0.2) is 0 Å². The van der Waals surface area contributed by atoms with Crippen molar-refractivity contribution in [3.05, 3.63) is 95.3 Å². The van der Waals surface area contributed by atoms with Crippen molar-refractivity contribution in [3.8, 4) is 0 Å². The molecule has 0 aliphatic heterocycles. The van der Waals surface area contributed by atoms with Crippen LogP contribution in [-0.2, 0) is 27.3 Å². The van der Waals surface area contributed by atoms with Crippen LogP contribution in [0.5, 0.6) is 0 Å². The van der Waals surface area contributed by atoms with Crippen LogP contribution in [0.4, 0.5) is 0 Å². The van der Waals surface area contributed by atoms with Gasteiger partial charge in [0.15, 0.2) is 0 Å². The normalized spacial score (nSPS) is 33.7. The number of esters is 1. The molecule has 2 aromatic rings. The Morgan fingerprint density at radius 2 is 1.63 bits per heavy atom. The minimum absolute atomic E-state index is 0.0268. The van der Waals surface area contributed by atoms with Crippen LogP contribution in [-0.4, -0.2) is 12.1 Å². The fourth-order valence-corrected chi connectivity index (χ4v) is 8.42. The third kappa shape index (κ3) is 4.74. The molecule has 0 N–H and O–H groups in total. The number of fused-ring (bicyclic) bond motifs is 5. The molecule has 0 saturated heterocycles. The van der Waals surface area contributed by atoms with E-state index in [2.05, 4.69) is 68.5 Å². The highest BCUT2D eigenvalue weighted by molar-refractivity contribution is 5.70. The third-order valence-corrected chi connectivity index (χ3v) is 10.6. The van der Waals surface area contributed by atoms with Crippen LogP contribution in [0.3, 0.4) is 0 Å². The van der Waals surface area contributed by atoms with Crippen molar-refractivity contribution in [1.82, 2.24) is 0 Å². The maximum atomic E-state index is 12.8. The summed E-state index contributed by atoms with van der Waals surface area (Å²) in [4.78, 5) is 12.8. The maximum absolute atomic E-state index is 12.8. The first kappa shape index (κ1) is 25.5. The van der Waals surface area contributed by atoms with Crippen molar-refractivity contribution in [2.45, 2.75) is 84.3 Å². The molecule has 2 aromatic carbocycles. The fraction of sp³-hybridized carbons (Fsp3) is 0.514. The van der Waals surface area contributed by atoms with E-state index in [9.17, 15) is 4.79 Å². The minimum Gasteiger partial charge on any atom is -0.493 e. The number of ether oxygens (including phenoxy) is 2. The molecule has 38 heavy (non-hydrogen) atoms. The van der Waals surface area contributed by atoms with Gasteiger partial charge in [0.05, 0.1) is 5.76 Å². The molecular formula is C35H42O3. The van der Waals surface area contributed by atoms with Crippen LogP contribution in [0.1, 0.15) is 76.3 Å². The second-order valence-electron chi connectivity index (χ2n) is 12.7. The number of hydrogen-bond donors (Lipinski definition) is 0. The van der Waals surface area contributed by atoms with Crippen LogP contribution in [0.25, 0.3) is 0 Å². The zero-order valence-electron chi connectivity index (χ0n) is 23.0. The summed E-state index contributed by atoms with van der Waals surface area (Å²) in [7, 11) is 0. The average molecular weight is 511 g/mol. The van der Waals surface area contributed by atoms with Crippen LogP contribution < -0.4 is 0 Å². The van der Waals surface area contributed by atoms with Crippen molar-refractivity contribution < 1.29 is 14.3 Å². The molecule has 6 atom stereocenters. The largest absolute Gasteiger partial charge is 0.493 e. The summed E-state index contributed by atoms with van der Waals surface area (Å²) in [5.41, 5.74) is 4.27. The van der Waals surface area contributed by atoms with Gasteiger partial charge in [0.1, 0.15) is 12.7 Å². The molecule has 2 saturated carbocycles. The fourth-order valence-electron chi connectivity index (χ4n) is 8.42. The first-order valence-corrected chi connectivity index (χ1v) is 14.8. The van der Waals surface area contributed by atoms with E-state index in [4.69, 9.17) is 9.47 Å². The molecule has 0 aromatic heterocycles. The van der Waals surface area contributed by atoms with Gasteiger partial charge in [0.2, 0.25) is 0 Å². The van der Waals surface area contributed by atoms with Gasteiger partial charge >= 0.3 is 5.97 Å². The summed E-state index contributed by atoms with van der Waals surface area (Å²) < 4.78 is 12.5. The smallest absolute Gasteiger partial charge is 0.306 e. The van der Waals surface area contributed by atoms with E-state index < -0.39 is 0 Å². The second kappa shape index (κ2) is 10.4. The van der Waals surface area contributed by atoms with E-state index in [1.807, 2.05) is 18.2 Å². The maximum Gasteiger partial charge on any atom is 0.306 e. The summed E-state index contributed by atoms with van der Waals surface area (Å²) in [6.07, 6.45) is 14.1. The van der Waals surface area contributed by atoms with Crippen molar-refractivity contribution >= 4 is 5.97 Å². The molecule has 0 spiro atoms. The van der Waals surface area contributed by atoms with Crippen molar-refractivity contribution in [2.75, 3.05) is 0 Å². The number of aryl methyl sites for hydroxylation is 1. The molecule has 4 aliphatic carbocycles. The van der Waals surface area contributed by atoms with E-state index in [1.54, 1.807) is 0 Å². The predicted molar refractivity (Wildman–Crippen MR) is 151 cm³/mol. The molecule has 6 rings (SSSR count). The van der Waals surface area contributed by atoms with Gasteiger partial charge in [-0.3, -0.25) is 4.79 Å². The van der Waals surface area contributed by atoms with Crippen LogP contribution in [0.15, 0.2) is 84.1 Å². The molecular weight excluding hydrogens is 468 g/mol. The molecule has 0 heterocycles. The highest BCUT2D eigenvalue weighted by Gasteiger charge is 2.59. The van der Waals surface area contributed by atoms with Gasteiger partial charge in [-0.2, -0.15) is 0 Å². The Morgan fingerprint density at radius 1 is 0.895 bits per heavy atom. The zero-order valence-corrected chi connectivity index (χ0v) is 23.0. The first-order valence-electron chi connectivity index (χ1n) is 14.8. The summed E-state index contributed by atoms with van der Waals surface area (Å²) in [6.45, 7) is 5.58. The number of carbonyl (C=O) groups is 1. The quantitative estimate of drug-likeness (QED) is 0.352. The first-order chi connectivity index (χ1) is 18.5. The third-order valence-electron chi connectivity index (χ3n) is 10.6. The topological polar surface area (TPSA) is 35.5 Å². The van der Waals surface area contributed by atoms with Gasteiger partial charge in [0, 0.05) is 18.3 Å². The number of allylic oxidation sites excluding steroid dienone is 4. The van der Waals surface area contributed by atoms with Crippen molar-refractivity contribution in [3.63, 3.8) is 0 Å². The highest BCUT2D eigenvalue weighted by atomic mass is 16.5. The van der Waals surface area contributed by atoms with Crippen LogP contribution >= 0.6 is 0 Å². The molecule has 4 aliphatic rings. The Morgan fingerprint density at radius 3 is 2.39 bits per heavy atom. The SMILES string of the molecule is CC12CCC(OCc3ccccc3)=CC1=CCC1C2CCC2(C)C(OC(=O)CCc3ccccc3)CCC12. The number of rotatable bonds is 7. The standard InChI is InChI=1S/C35H42O3/c1-34-21-19-28(37-24-26-11-7-4-8-12-26)23-27(34)14-15-29-30-16-17-32(35(30,2)22-20-31(29)34)38-33(36)18-13-25-9-5-3-6-10-25/h3-12,14,23,29-32H,13,15-22,24H2,1-2H3. The van der Waals surface area contributed by atoms with Crippen LogP contribution in [0.2, 0.25) is 0 Å². The molecule has 0 amide bonds. The van der Waals surface area contributed by atoms with Gasteiger partial charge in [0.25, 0.3) is 0 Å². The van der Waals surface area contributed by atoms with Crippen molar-refractivity contribution in [1.29, 1.82) is 0 Å². The Kier molecular flexibility index (Phi) is 6.97. The lowest BCUT2D eigenvalue weighted by Gasteiger charge is -2.56. The van der Waals surface area contributed by atoms with Gasteiger partial charge in [-0.1, -0.05) is 80.6 Å². The van der Waals surface area contributed by atoms with E-state index in [1.165, 1.54) is 42.4 Å². The van der Waals surface area contributed by atoms with E-state index in [-0.39, 0.29) is 22.9 Å². The number of benzene rings is 2. The molecule has 0 radical (unpaired) electrons. The lowest BCUT2D eigenvalue weighted by atomic mass is 9.48. The predicted octanol–water partition coefficient (Wildman–Crippen LogP) is 8.20. The minimum atomic E-state index is -0.0268. The number of carbonyl (C=O) groups excluding carboxylic acids is 1. The Balaban J connectivity index is 1.11. The molecule has 6 unspecified atom stereocenters. The summed E-state index contributed by atoms with van der Waals surface area (Å²) in [6, 6.07) is 20.7. The molecule has 3 heteroatoms. The lowest BCUT2D eigenvalue weighted by Crippen LogP contribution is -2.50. The Hall–Kier alpha value is -2.81. The molecule has 200 valence electrons. The molecule has 0 bridgehead atoms. The van der Waals surface area contributed by atoms with Gasteiger partial charge in [-0.15, -0.1) is 0 Å². The van der Waals surface area contributed by atoms with Gasteiger partial charge in [-0.05, 0) is 90.9 Å². The van der Waals surface area contributed by atoms with E-state index >= 15 is 0 Å². The monoisotopic (exact) mass is 510 g/mol. The van der Waals surface area contributed by atoms with E-state index in [0.29, 0.717) is 30.8 Å². The summed E-state index contributed by atoms with van der Waals surface area (Å²) in [5.74, 6) is 3.15. The Labute approximate surface area is 228 Å². The average Bonchev–Trinajstić information content (AvgIpc) is 3.27. The lowest BCUT2D eigenvalue weighted by molar-refractivity contribution is -0.159. The zero-order chi connectivity index (χ0) is 26.2. The van der Waals surface area contributed by atoms with Gasteiger partial charge < -0.3 is 9.47 Å². The van der Waals surface area contributed by atoms with Crippen molar-refractivity contribution in [2.24, 2.45) is 28.6 Å². The molecule has 2 fully saturated rings. The van der Waals surface area contributed by atoms with Crippen LogP contribution in [0, 0.1) is 28.6 Å². The molecule has 3 nitrogen and oxygen atoms in total. The Bertz CT molecular complexity index is 1200. The summed E-state index contributed by atoms with van der Waals surface area (Å²) >= 11 is 0.